The molecule has 0 amide bonds. The summed E-state index contributed by atoms with van der Waals surface area (Å²) in [5, 5.41) is 3.38. The van der Waals surface area contributed by atoms with Crippen molar-refractivity contribution in [3.63, 3.8) is 0 Å². The Morgan fingerprint density at radius 3 is 2.00 bits per heavy atom. The van der Waals surface area contributed by atoms with Crippen molar-refractivity contribution in [2.75, 3.05) is 26.2 Å². The molecule has 1 N–H and O–H groups in total. The number of hydrogen-bond acceptors (Lipinski definition) is 2. The molecule has 0 aromatic rings. The fourth-order valence-electron chi connectivity index (χ4n) is 3.27. The van der Waals surface area contributed by atoms with Crippen LogP contribution in [0.4, 0.5) is 0 Å². The number of likely N-dealkylation sites (tertiary alicyclic amines) is 1. The van der Waals surface area contributed by atoms with Crippen LogP contribution in [0.1, 0.15) is 25.7 Å². The van der Waals surface area contributed by atoms with E-state index in [4.69, 9.17) is 0 Å². The van der Waals surface area contributed by atoms with Crippen molar-refractivity contribution >= 4 is 0 Å². The smallest absolute Gasteiger partial charge is 0.0345 e. The molecule has 2 atom stereocenters. The maximum atomic E-state index is 3.38. The molecule has 3 fully saturated rings. The average Bonchev–Trinajstić information content (AvgIpc) is 2.43. The molecule has 3 rings (SSSR count). The number of nitrogens with one attached hydrogen (secondary N) is 1. The predicted octanol–water partition coefficient (Wildman–Crippen LogP) is 1.08. The second kappa shape index (κ2) is 3.25. The summed E-state index contributed by atoms with van der Waals surface area (Å²) in [6.45, 7) is 5.33. The van der Waals surface area contributed by atoms with Gasteiger partial charge in [-0.2, -0.15) is 0 Å². The topological polar surface area (TPSA) is 15.3 Å². The highest BCUT2D eigenvalue weighted by Crippen LogP contribution is 2.36. The molecule has 2 heteroatoms. The third-order valence-corrected chi connectivity index (χ3v) is 4.28. The van der Waals surface area contributed by atoms with E-state index in [1.165, 1.54) is 51.9 Å². The van der Waals surface area contributed by atoms with Crippen molar-refractivity contribution < 1.29 is 0 Å². The van der Waals surface area contributed by atoms with Crippen LogP contribution < -0.4 is 5.32 Å². The zero-order chi connectivity index (χ0) is 8.67. The first-order valence-electron chi connectivity index (χ1n) is 5.88. The summed E-state index contributed by atoms with van der Waals surface area (Å²) >= 11 is 0. The van der Waals surface area contributed by atoms with Gasteiger partial charge in [-0.3, -0.25) is 4.90 Å². The summed E-state index contributed by atoms with van der Waals surface area (Å²) in [7, 11) is 0. The van der Waals surface area contributed by atoms with Crippen molar-refractivity contribution in [1.82, 2.24) is 10.2 Å². The molecule has 0 radical (unpaired) electrons. The van der Waals surface area contributed by atoms with Crippen molar-refractivity contribution in [2.45, 2.75) is 31.7 Å². The molecular weight excluding hydrogens is 160 g/mol. The molecule has 0 bridgehead atoms. The summed E-state index contributed by atoms with van der Waals surface area (Å²) in [6, 6.07) is 0.894. The molecule has 3 aliphatic rings. The summed E-state index contributed by atoms with van der Waals surface area (Å²) in [5.74, 6) is 2.13. The molecule has 2 unspecified atom stereocenters. The normalized spacial score (nSPS) is 41.5. The molecule has 0 aromatic carbocycles. The van der Waals surface area contributed by atoms with Gasteiger partial charge in [0.1, 0.15) is 0 Å². The second-order valence-corrected chi connectivity index (χ2v) is 5.07. The zero-order valence-electron chi connectivity index (χ0n) is 8.34. The van der Waals surface area contributed by atoms with Crippen LogP contribution in [0.2, 0.25) is 0 Å². The lowest BCUT2D eigenvalue weighted by atomic mass is 9.82. The molecule has 1 saturated carbocycles. The van der Waals surface area contributed by atoms with E-state index in [1.54, 1.807) is 0 Å². The Morgan fingerprint density at radius 2 is 1.54 bits per heavy atom. The fraction of sp³-hybridized carbons (Fsp3) is 1.00. The van der Waals surface area contributed by atoms with Crippen molar-refractivity contribution in [2.24, 2.45) is 11.8 Å². The van der Waals surface area contributed by atoms with Gasteiger partial charge in [0.15, 0.2) is 0 Å². The highest BCUT2D eigenvalue weighted by atomic mass is 15.3. The van der Waals surface area contributed by atoms with E-state index in [1.807, 2.05) is 0 Å². The average molecular weight is 180 g/mol. The van der Waals surface area contributed by atoms with Crippen molar-refractivity contribution in [3.8, 4) is 0 Å². The quantitative estimate of drug-likeness (QED) is 0.649. The molecule has 13 heavy (non-hydrogen) atoms. The van der Waals surface area contributed by atoms with Gasteiger partial charge < -0.3 is 5.32 Å². The number of hydrogen-bond donors (Lipinski definition) is 1. The number of rotatable bonds is 1. The van der Waals surface area contributed by atoms with Gasteiger partial charge in [0.05, 0.1) is 0 Å². The minimum absolute atomic E-state index is 0.894. The lowest BCUT2D eigenvalue weighted by molar-refractivity contribution is 0.171. The van der Waals surface area contributed by atoms with E-state index < -0.39 is 0 Å². The Kier molecular flexibility index (Phi) is 2.06. The highest BCUT2D eigenvalue weighted by Gasteiger charge is 2.38. The summed E-state index contributed by atoms with van der Waals surface area (Å²) in [6.07, 6.45) is 6.03. The van der Waals surface area contributed by atoms with E-state index >= 15 is 0 Å². The second-order valence-electron chi connectivity index (χ2n) is 5.07. The molecule has 2 aliphatic heterocycles. The Labute approximate surface area is 80.7 Å². The van der Waals surface area contributed by atoms with Gasteiger partial charge in [0.25, 0.3) is 0 Å². The van der Waals surface area contributed by atoms with Crippen LogP contribution in [0.3, 0.4) is 0 Å². The summed E-state index contributed by atoms with van der Waals surface area (Å²) in [5.41, 5.74) is 0. The first-order chi connectivity index (χ1) is 6.43. The first-order valence-corrected chi connectivity index (χ1v) is 5.88. The van der Waals surface area contributed by atoms with E-state index in [9.17, 15) is 0 Å². The van der Waals surface area contributed by atoms with Crippen molar-refractivity contribution in [3.05, 3.63) is 0 Å². The van der Waals surface area contributed by atoms with Gasteiger partial charge in [-0.1, -0.05) is 12.8 Å². The minimum Gasteiger partial charge on any atom is -0.314 e. The predicted molar refractivity (Wildman–Crippen MR) is 53.7 cm³/mol. The van der Waals surface area contributed by atoms with Crippen LogP contribution in [0.5, 0.6) is 0 Å². The third-order valence-electron chi connectivity index (χ3n) is 4.28. The standard InChI is InChI=1S/C11H20N2/c1-2-4-10-8-13(7-9(10)3-1)11-5-12-6-11/h9-12H,1-8H2. The van der Waals surface area contributed by atoms with Gasteiger partial charge >= 0.3 is 0 Å². The van der Waals surface area contributed by atoms with E-state index in [2.05, 4.69) is 10.2 Å². The Hall–Kier alpha value is -0.0800. The maximum absolute atomic E-state index is 3.38. The molecule has 0 spiro atoms. The van der Waals surface area contributed by atoms with Gasteiger partial charge in [-0.15, -0.1) is 0 Å². The molecule has 1 aliphatic carbocycles. The third kappa shape index (κ3) is 1.40. The molecule has 74 valence electrons. The minimum atomic E-state index is 0.894. The lowest BCUT2D eigenvalue weighted by Crippen LogP contribution is -2.56. The molecule has 0 aromatic heterocycles. The maximum Gasteiger partial charge on any atom is 0.0345 e. The monoisotopic (exact) mass is 180 g/mol. The van der Waals surface area contributed by atoms with Gasteiger partial charge in [0, 0.05) is 32.2 Å². The summed E-state index contributed by atoms with van der Waals surface area (Å²) in [4.78, 5) is 2.75. The van der Waals surface area contributed by atoms with Crippen LogP contribution in [-0.4, -0.2) is 37.1 Å². The van der Waals surface area contributed by atoms with E-state index in [-0.39, 0.29) is 0 Å². The van der Waals surface area contributed by atoms with Gasteiger partial charge in [0.2, 0.25) is 0 Å². The number of nitrogens with zero attached hydrogens (tertiary/aromatic N) is 1. The lowest BCUT2D eigenvalue weighted by Gasteiger charge is -2.35. The molecule has 2 heterocycles. The van der Waals surface area contributed by atoms with Crippen LogP contribution in [0, 0.1) is 11.8 Å². The Balaban J connectivity index is 1.62. The molecule has 2 saturated heterocycles. The Morgan fingerprint density at radius 1 is 0.923 bits per heavy atom. The van der Waals surface area contributed by atoms with Crippen molar-refractivity contribution in [1.29, 1.82) is 0 Å². The first kappa shape index (κ1) is 8.25. The number of fused-ring (bicyclic) bond motifs is 1. The largest absolute Gasteiger partial charge is 0.314 e. The fourth-order valence-corrected chi connectivity index (χ4v) is 3.27. The van der Waals surface area contributed by atoms with Crippen LogP contribution in [0.15, 0.2) is 0 Å². The van der Waals surface area contributed by atoms with Gasteiger partial charge in [-0.05, 0) is 24.7 Å². The Bertz CT molecular complexity index is 175. The molecule has 2 nitrogen and oxygen atoms in total. The van der Waals surface area contributed by atoms with Crippen LogP contribution in [0.25, 0.3) is 0 Å². The SMILES string of the molecule is C1CCC2CN(C3CNC3)CC2C1. The molecular formula is C11H20N2. The van der Waals surface area contributed by atoms with E-state index in [0.717, 1.165) is 17.9 Å². The van der Waals surface area contributed by atoms with Gasteiger partial charge in [-0.25, -0.2) is 0 Å². The zero-order valence-corrected chi connectivity index (χ0v) is 8.34. The highest BCUT2D eigenvalue weighted by molar-refractivity contribution is 4.93. The summed E-state index contributed by atoms with van der Waals surface area (Å²) < 4.78 is 0. The van der Waals surface area contributed by atoms with E-state index in [0.29, 0.717) is 0 Å². The van der Waals surface area contributed by atoms with Crippen LogP contribution >= 0.6 is 0 Å². The van der Waals surface area contributed by atoms with Crippen LogP contribution in [-0.2, 0) is 0 Å².